The third kappa shape index (κ3) is 2.96. The van der Waals surface area contributed by atoms with Crippen molar-refractivity contribution in [2.24, 2.45) is 0 Å². The highest BCUT2D eigenvalue weighted by atomic mass is 16.6. The van der Waals surface area contributed by atoms with Crippen LogP contribution in [0.3, 0.4) is 0 Å². The van der Waals surface area contributed by atoms with E-state index in [0.717, 1.165) is 12.8 Å². The second-order valence-electron chi connectivity index (χ2n) is 5.37. The zero-order valence-corrected chi connectivity index (χ0v) is 11.4. The molecule has 1 saturated carbocycles. The lowest BCUT2D eigenvalue weighted by atomic mass is 10.0. The number of benzene rings is 1. The van der Waals surface area contributed by atoms with Crippen molar-refractivity contribution in [3.05, 3.63) is 39.9 Å². The molecular formula is C14H18N2O4. The van der Waals surface area contributed by atoms with Crippen LogP contribution in [0, 0.1) is 10.1 Å². The Labute approximate surface area is 117 Å². The van der Waals surface area contributed by atoms with Gasteiger partial charge in [-0.15, -0.1) is 0 Å². The first kappa shape index (κ1) is 14.5. The summed E-state index contributed by atoms with van der Waals surface area (Å²) < 4.78 is 0. The maximum atomic E-state index is 12.3. The quantitative estimate of drug-likeness (QED) is 0.674. The number of hydrogen-bond acceptors (Lipinski definition) is 4. The number of likely N-dealkylation sites (N-methyl/N-ethyl adjacent to an activating group) is 1. The molecule has 0 heterocycles. The number of hydrogen-bond donors (Lipinski definition) is 1. The lowest BCUT2D eigenvalue weighted by molar-refractivity contribution is -0.385. The van der Waals surface area contributed by atoms with E-state index < -0.39 is 16.4 Å². The molecule has 1 aromatic rings. The normalized spacial score (nSPS) is 16.9. The molecule has 0 spiro atoms. The summed E-state index contributed by atoms with van der Waals surface area (Å²) in [5.74, 6) is -0.433. The smallest absolute Gasteiger partial charge is 0.282 e. The third-order valence-electron chi connectivity index (χ3n) is 3.74. The summed E-state index contributed by atoms with van der Waals surface area (Å²) in [5.41, 5.74) is -1.00. The van der Waals surface area contributed by atoms with Gasteiger partial charge in [0.1, 0.15) is 5.56 Å². The number of carbonyl (C=O) groups excluding carboxylic acids is 1. The van der Waals surface area contributed by atoms with Crippen LogP contribution in [0.5, 0.6) is 0 Å². The highest BCUT2D eigenvalue weighted by molar-refractivity contribution is 5.98. The summed E-state index contributed by atoms with van der Waals surface area (Å²) in [6.45, 7) is 0.206. The van der Waals surface area contributed by atoms with E-state index in [1.54, 1.807) is 13.1 Å². The van der Waals surface area contributed by atoms with E-state index in [1.807, 2.05) is 0 Å². The fourth-order valence-electron chi connectivity index (χ4n) is 2.72. The molecule has 6 heteroatoms. The summed E-state index contributed by atoms with van der Waals surface area (Å²) >= 11 is 0. The number of rotatable bonds is 4. The Bertz CT molecular complexity index is 524. The Morgan fingerprint density at radius 2 is 2.00 bits per heavy atom. The molecule has 0 bridgehead atoms. The number of para-hydroxylation sites is 1. The number of nitro groups is 1. The SMILES string of the molecule is CN(CC1(O)CCCC1)C(=O)c1ccccc1[N+](=O)[O-]. The van der Waals surface area contributed by atoms with Crippen molar-refractivity contribution in [1.29, 1.82) is 0 Å². The number of nitro benzene ring substituents is 1. The van der Waals surface area contributed by atoms with Gasteiger partial charge < -0.3 is 10.0 Å². The first-order valence-electron chi connectivity index (χ1n) is 6.64. The lowest BCUT2D eigenvalue weighted by Crippen LogP contribution is -2.42. The summed E-state index contributed by atoms with van der Waals surface area (Å²) in [5, 5.41) is 21.2. The first-order valence-corrected chi connectivity index (χ1v) is 6.64. The first-order chi connectivity index (χ1) is 9.43. The molecule has 1 aliphatic carbocycles. The van der Waals surface area contributed by atoms with Gasteiger partial charge in [-0.05, 0) is 18.9 Å². The van der Waals surface area contributed by atoms with Gasteiger partial charge in [-0.25, -0.2) is 0 Å². The Hall–Kier alpha value is -1.95. The zero-order chi connectivity index (χ0) is 14.8. The molecule has 0 saturated heterocycles. The molecule has 108 valence electrons. The Morgan fingerprint density at radius 3 is 2.60 bits per heavy atom. The van der Waals surface area contributed by atoms with Crippen LogP contribution >= 0.6 is 0 Å². The van der Waals surface area contributed by atoms with Crippen molar-refractivity contribution >= 4 is 11.6 Å². The van der Waals surface area contributed by atoms with Crippen molar-refractivity contribution in [1.82, 2.24) is 4.90 Å². The van der Waals surface area contributed by atoms with Gasteiger partial charge in [-0.1, -0.05) is 25.0 Å². The fraction of sp³-hybridized carbons (Fsp3) is 0.500. The molecule has 1 amide bonds. The van der Waals surface area contributed by atoms with E-state index in [4.69, 9.17) is 0 Å². The summed E-state index contributed by atoms with van der Waals surface area (Å²) in [4.78, 5) is 24.1. The van der Waals surface area contributed by atoms with Gasteiger partial charge in [-0.3, -0.25) is 14.9 Å². The van der Waals surface area contributed by atoms with Crippen molar-refractivity contribution in [2.75, 3.05) is 13.6 Å². The maximum absolute atomic E-state index is 12.3. The maximum Gasteiger partial charge on any atom is 0.282 e. The van der Waals surface area contributed by atoms with E-state index in [1.165, 1.54) is 23.1 Å². The summed E-state index contributed by atoms with van der Waals surface area (Å²) in [7, 11) is 1.56. The Morgan fingerprint density at radius 1 is 1.40 bits per heavy atom. The Kier molecular flexibility index (Phi) is 4.04. The molecule has 0 aliphatic heterocycles. The minimum atomic E-state index is -0.853. The molecule has 0 radical (unpaired) electrons. The van der Waals surface area contributed by atoms with E-state index >= 15 is 0 Å². The average molecular weight is 278 g/mol. The minimum absolute atomic E-state index is 0.0570. The predicted octanol–water partition coefficient (Wildman–Crippen LogP) is 1.97. The molecule has 1 fully saturated rings. The van der Waals surface area contributed by atoms with Gasteiger partial charge in [0.2, 0.25) is 0 Å². The summed E-state index contributed by atoms with van der Waals surface area (Å²) in [6.07, 6.45) is 3.23. The molecule has 1 aliphatic rings. The van der Waals surface area contributed by atoms with Gasteiger partial charge in [-0.2, -0.15) is 0 Å². The van der Waals surface area contributed by atoms with Crippen LogP contribution in [0.25, 0.3) is 0 Å². The fourth-order valence-corrected chi connectivity index (χ4v) is 2.72. The lowest BCUT2D eigenvalue weighted by Gasteiger charge is -2.28. The zero-order valence-electron chi connectivity index (χ0n) is 11.4. The van der Waals surface area contributed by atoms with E-state index in [9.17, 15) is 20.0 Å². The van der Waals surface area contributed by atoms with Crippen LogP contribution in [0.1, 0.15) is 36.0 Å². The molecule has 0 aromatic heterocycles. The average Bonchev–Trinajstić information content (AvgIpc) is 2.84. The van der Waals surface area contributed by atoms with Gasteiger partial charge in [0.05, 0.1) is 10.5 Å². The predicted molar refractivity (Wildman–Crippen MR) is 73.5 cm³/mol. The van der Waals surface area contributed by atoms with E-state index in [0.29, 0.717) is 12.8 Å². The van der Waals surface area contributed by atoms with Gasteiger partial charge >= 0.3 is 0 Å². The van der Waals surface area contributed by atoms with Crippen LogP contribution in [-0.4, -0.2) is 40.0 Å². The van der Waals surface area contributed by atoms with Crippen LogP contribution in [0.2, 0.25) is 0 Å². The number of carbonyl (C=O) groups is 1. The molecule has 6 nitrogen and oxygen atoms in total. The van der Waals surface area contributed by atoms with Crippen molar-refractivity contribution in [3.8, 4) is 0 Å². The van der Waals surface area contributed by atoms with Gasteiger partial charge in [0, 0.05) is 19.7 Å². The van der Waals surface area contributed by atoms with Gasteiger partial charge in [0.25, 0.3) is 11.6 Å². The summed E-state index contributed by atoms with van der Waals surface area (Å²) in [6, 6.07) is 5.87. The second-order valence-corrected chi connectivity index (χ2v) is 5.37. The van der Waals surface area contributed by atoms with E-state index in [2.05, 4.69) is 0 Å². The van der Waals surface area contributed by atoms with Crippen molar-refractivity contribution < 1.29 is 14.8 Å². The molecule has 0 atom stereocenters. The molecule has 1 N–H and O–H groups in total. The van der Waals surface area contributed by atoms with Crippen LogP contribution < -0.4 is 0 Å². The Balaban J connectivity index is 2.16. The molecule has 1 aromatic carbocycles. The molecule has 2 rings (SSSR count). The number of nitrogens with zero attached hydrogens (tertiary/aromatic N) is 2. The minimum Gasteiger partial charge on any atom is -0.388 e. The van der Waals surface area contributed by atoms with Crippen molar-refractivity contribution in [2.45, 2.75) is 31.3 Å². The highest BCUT2D eigenvalue weighted by Gasteiger charge is 2.34. The second kappa shape index (κ2) is 5.58. The van der Waals surface area contributed by atoms with Crippen LogP contribution in [-0.2, 0) is 0 Å². The molecule has 0 unspecified atom stereocenters. The van der Waals surface area contributed by atoms with E-state index in [-0.39, 0.29) is 17.8 Å². The third-order valence-corrected chi connectivity index (χ3v) is 3.74. The molecular weight excluding hydrogens is 260 g/mol. The monoisotopic (exact) mass is 278 g/mol. The molecule has 20 heavy (non-hydrogen) atoms. The van der Waals surface area contributed by atoms with Gasteiger partial charge in [0.15, 0.2) is 0 Å². The largest absolute Gasteiger partial charge is 0.388 e. The topological polar surface area (TPSA) is 83.7 Å². The van der Waals surface area contributed by atoms with Crippen LogP contribution in [0.4, 0.5) is 5.69 Å². The van der Waals surface area contributed by atoms with Crippen molar-refractivity contribution in [3.63, 3.8) is 0 Å². The number of aliphatic hydroxyl groups is 1. The number of amides is 1. The van der Waals surface area contributed by atoms with Crippen LogP contribution in [0.15, 0.2) is 24.3 Å². The standard InChI is InChI=1S/C14H18N2O4/c1-15(10-14(18)8-4-5-9-14)13(17)11-6-2-3-7-12(11)16(19)20/h2-3,6-7,18H,4-5,8-10H2,1H3. The highest BCUT2D eigenvalue weighted by Crippen LogP contribution is 2.30.